The zero-order valence-corrected chi connectivity index (χ0v) is 15.6. The van der Waals surface area contributed by atoms with Crippen molar-refractivity contribution < 1.29 is 4.42 Å². The average Bonchev–Trinajstić information content (AvgIpc) is 3.37. The normalized spacial score (nSPS) is 10.9. The number of hydrogen-bond acceptors (Lipinski definition) is 9. The number of hydrogen-bond donors (Lipinski definition) is 1. The van der Waals surface area contributed by atoms with Crippen molar-refractivity contribution in [1.29, 1.82) is 0 Å². The third kappa shape index (κ3) is 3.89. The van der Waals surface area contributed by atoms with Gasteiger partial charge in [-0.05, 0) is 30.0 Å². The molecule has 0 saturated heterocycles. The summed E-state index contributed by atoms with van der Waals surface area (Å²) in [6, 6.07) is 12.0. The van der Waals surface area contributed by atoms with E-state index in [4.69, 9.17) is 4.42 Å². The van der Waals surface area contributed by atoms with Gasteiger partial charge in [-0.1, -0.05) is 47.4 Å². The second-order valence-electron chi connectivity index (χ2n) is 5.08. The molecule has 0 amide bonds. The van der Waals surface area contributed by atoms with Crippen molar-refractivity contribution in [3.05, 3.63) is 53.2 Å². The average molecular weight is 388 g/mol. The van der Waals surface area contributed by atoms with Crippen molar-refractivity contribution in [2.75, 3.05) is 5.32 Å². The fraction of sp³-hybridized carbons (Fsp3) is 0.125. The largest absolute Gasteiger partial charge is 0.419 e. The van der Waals surface area contributed by atoms with Gasteiger partial charge in [-0.25, -0.2) is 0 Å². The molecule has 0 fully saturated rings. The molecule has 1 aromatic carbocycles. The molecule has 0 aliphatic carbocycles. The number of aryl methyl sites for hydroxylation is 1. The van der Waals surface area contributed by atoms with Gasteiger partial charge in [0.15, 0.2) is 4.34 Å². The number of thiophene rings is 1. The first-order valence-corrected chi connectivity index (χ1v) is 10.1. The van der Waals surface area contributed by atoms with Crippen LogP contribution < -0.4 is 5.32 Å². The lowest BCUT2D eigenvalue weighted by molar-refractivity contribution is 0.529. The van der Waals surface area contributed by atoms with Crippen molar-refractivity contribution in [2.45, 2.75) is 17.0 Å². The first kappa shape index (κ1) is 16.2. The van der Waals surface area contributed by atoms with Crippen LogP contribution in [-0.4, -0.2) is 20.4 Å². The van der Waals surface area contributed by atoms with Crippen molar-refractivity contribution >= 4 is 45.3 Å². The number of anilines is 2. The van der Waals surface area contributed by atoms with Crippen molar-refractivity contribution in [2.24, 2.45) is 0 Å². The smallest absolute Gasteiger partial charge is 0.257 e. The number of rotatable bonds is 6. The molecule has 6 nitrogen and oxygen atoms in total. The van der Waals surface area contributed by atoms with E-state index in [1.54, 1.807) is 11.3 Å². The molecule has 0 atom stereocenters. The van der Waals surface area contributed by atoms with Gasteiger partial charge >= 0.3 is 0 Å². The minimum absolute atomic E-state index is 0.560. The molecular weight excluding hydrogens is 374 g/mol. The maximum absolute atomic E-state index is 5.68. The molecule has 0 radical (unpaired) electrons. The van der Waals surface area contributed by atoms with E-state index in [-0.39, 0.29) is 0 Å². The Morgan fingerprint density at radius 3 is 2.84 bits per heavy atom. The van der Waals surface area contributed by atoms with Crippen LogP contribution in [-0.2, 0) is 5.75 Å². The molecule has 1 N–H and O–H groups in total. The Bertz CT molecular complexity index is 964. The van der Waals surface area contributed by atoms with Gasteiger partial charge < -0.3 is 9.73 Å². The molecule has 3 heterocycles. The molecule has 126 valence electrons. The highest BCUT2D eigenvalue weighted by atomic mass is 32.2. The summed E-state index contributed by atoms with van der Waals surface area (Å²) < 4.78 is 6.53. The number of benzene rings is 1. The van der Waals surface area contributed by atoms with Gasteiger partial charge in [0, 0.05) is 5.69 Å². The Hall–Kier alpha value is -2.23. The third-order valence-electron chi connectivity index (χ3n) is 3.31. The third-order valence-corrected chi connectivity index (χ3v) is 6.13. The minimum atomic E-state index is 0.560. The van der Waals surface area contributed by atoms with Gasteiger partial charge in [-0.15, -0.1) is 31.7 Å². The fourth-order valence-electron chi connectivity index (χ4n) is 2.08. The van der Waals surface area contributed by atoms with Crippen LogP contribution in [0.4, 0.5) is 10.8 Å². The zero-order chi connectivity index (χ0) is 17.1. The van der Waals surface area contributed by atoms with E-state index >= 15 is 0 Å². The van der Waals surface area contributed by atoms with Crippen molar-refractivity contribution in [3.63, 3.8) is 0 Å². The minimum Gasteiger partial charge on any atom is -0.419 e. The first-order valence-electron chi connectivity index (χ1n) is 7.43. The Kier molecular flexibility index (Phi) is 4.77. The summed E-state index contributed by atoms with van der Waals surface area (Å²) in [4.78, 5) is 0.976. The number of nitrogens with one attached hydrogen (secondary N) is 1. The van der Waals surface area contributed by atoms with Crippen LogP contribution in [0.25, 0.3) is 10.8 Å². The summed E-state index contributed by atoms with van der Waals surface area (Å²) in [5.74, 6) is 1.71. The quantitative estimate of drug-likeness (QED) is 0.467. The Morgan fingerprint density at radius 2 is 2.00 bits per heavy atom. The lowest BCUT2D eigenvalue weighted by atomic mass is 10.2. The molecule has 25 heavy (non-hydrogen) atoms. The lowest BCUT2D eigenvalue weighted by Crippen LogP contribution is -1.91. The number of nitrogens with zero attached hydrogens (tertiary/aromatic N) is 4. The van der Waals surface area contributed by atoms with E-state index in [1.807, 2.05) is 35.7 Å². The van der Waals surface area contributed by atoms with Crippen LogP contribution in [0.15, 0.2) is 50.5 Å². The predicted octanol–water partition coefficient (Wildman–Crippen LogP) is 4.99. The molecule has 9 heteroatoms. The highest BCUT2D eigenvalue weighted by molar-refractivity contribution is 8.00. The van der Waals surface area contributed by atoms with Gasteiger partial charge in [0.05, 0.1) is 10.6 Å². The summed E-state index contributed by atoms with van der Waals surface area (Å²) in [7, 11) is 0. The fourth-order valence-corrected chi connectivity index (χ4v) is 4.33. The van der Waals surface area contributed by atoms with Gasteiger partial charge in [0.1, 0.15) is 0 Å². The molecule has 0 spiro atoms. The summed E-state index contributed by atoms with van der Waals surface area (Å²) >= 11 is 4.61. The van der Waals surface area contributed by atoms with E-state index in [0.29, 0.717) is 17.5 Å². The Labute approximate surface area is 156 Å². The second-order valence-corrected chi connectivity index (χ2v) is 8.23. The van der Waals surface area contributed by atoms with Crippen LogP contribution in [0.3, 0.4) is 0 Å². The Balaban J connectivity index is 1.38. The zero-order valence-electron chi connectivity index (χ0n) is 13.2. The molecule has 0 unspecified atom stereocenters. The number of thioether (sulfide) groups is 1. The molecule has 0 aliphatic rings. The monoisotopic (exact) mass is 387 g/mol. The molecule has 3 aromatic heterocycles. The van der Waals surface area contributed by atoms with E-state index in [2.05, 4.69) is 38.7 Å². The molecular formula is C16H13N5OS3. The molecule has 4 rings (SSSR count). The van der Waals surface area contributed by atoms with E-state index in [1.165, 1.54) is 28.7 Å². The summed E-state index contributed by atoms with van der Waals surface area (Å²) in [5.41, 5.74) is 2.20. The van der Waals surface area contributed by atoms with Crippen LogP contribution in [0.5, 0.6) is 0 Å². The SMILES string of the molecule is Cc1ccccc1Nc1nnc(SCc2nnc(-c3cccs3)o2)s1. The maximum atomic E-state index is 5.68. The van der Waals surface area contributed by atoms with Gasteiger partial charge in [-0.2, -0.15) is 0 Å². The summed E-state index contributed by atoms with van der Waals surface area (Å²) in [6.07, 6.45) is 0. The van der Waals surface area contributed by atoms with E-state index in [0.717, 1.165) is 20.0 Å². The van der Waals surface area contributed by atoms with Crippen molar-refractivity contribution in [1.82, 2.24) is 20.4 Å². The molecule has 0 saturated carbocycles. The van der Waals surface area contributed by atoms with Crippen LogP contribution in [0.1, 0.15) is 11.5 Å². The van der Waals surface area contributed by atoms with E-state index < -0.39 is 0 Å². The first-order chi connectivity index (χ1) is 12.3. The number of aromatic nitrogens is 4. The van der Waals surface area contributed by atoms with Crippen LogP contribution >= 0.6 is 34.4 Å². The van der Waals surface area contributed by atoms with Crippen LogP contribution in [0.2, 0.25) is 0 Å². The summed E-state index contributed by atoms with van der Waals surface area (Å²) in [5, 5.41) is 22.6. The predicted molar refractivity (Wildman–Crippen MR) is 102 cm³/mol. The second kappa shape index (κ2) is 7.34. The number of para-hydroxylation sites is 1. The standard InChI is InChI=1S/C16H13N5OS3/c1-10-5-2-3-6-11(10)17-15-20-21-16(25-15)24-9-13-18-19-14(22-13)12-7-4-8-23-12/h2-8H,9H2,1H3,(H,17,20). The molecule has 0 bridgehead atoms. The molecule has 0 aliphatic heterocycles. The van der Waals surface area contributed by atoms with Gasteiger partial charge in [-0.3, -0.25) is 0 Å². The highest BCUT2D eigenvalue weighted by Gasteiger charge is 2.12. The van der Waals surface area contributed by atoms with E-state index in [9.17, 15) is 0 Å². The maximum Gasteiger partial charge on any atom is 0.257 e. The highest BCUT2D eigenvalue weighted by Crippen LogP contribution is 2.31. The van der Waals surface area contributed by atoms with Gasteiger partial charge in [0.2, 0.25) is 11.0 Å². The van der Waals surface area contributed by atoms with Gasteiger partial charge in [0.25, 0.3) is 5.89 Å². The van der Waals surface area contributed by atoms with Crippen molar-refractivity contribution in [3.8, 4) is 10.8 Å². The Morgan fingerprint density at radius 1 is 1.08 bits per heavy atom. The summed E-state index contributed by atoms with van der Waals surface area (Å²) in [6.45, 7) is 2.06. The molecule has 4 aromatic rings. The lowest BCUT2D eigenvalue weighted by Gasteiger charge is -2.04. The topological polar surface area (TPSA) is 76.7 Å². The van der Waals surface area contributed by atoms with Crippen LogP contribution in [0, 0.1) is 6.92 Å².